The number of anilines is 1. The van der Waals surface area contributed by atoms with E-state index >= 15 is 0 Å². The highest BCUT2D eigenvalue weighted by Crippen LogP contribution is 2.29. The summed E-state index contributed by atoms with van der Waals surface area (Å²) < 4.78 is 5.62. The first-order valence-corrected chi connectivity index (χ1v) is 10.2. The van der Waals surface area contributed by atoms with Gasteiger partial charge in [0.1, 0.15) is 0 Å². The number of piperidine rings is 1. The molecule has 0 spiro atoms. The Morgan fingerprint density at radius 3 is 2.70 bits per heavy atom. The van der Waals surface area contributed by atoms with Crippen molar-refractivity contribution >= 4 is 5.95 Å². The topological polar surface area (TPSA) is 79.0 Å². The number of aryl methyl sites for hydroxylation is 1. The van der Waals surface area contributed by atoms with Crippen molar-refractivity contribution < 1.29 is 4.74 Å². The molecule has 0 aromatic carbocycles. The van der Waals surface area contributed by atoms with Crippen molar-refractivity contribution in [1.29, 1.82) is 0 Å². The fourth-order valence-electron chi connectivity index (χ4n) is 4.13. The molecule has 27 heavy (non-hydrogen) atoms. The molecule has 2 N–H and O–H groups in total. The lowest BCUT2D eigenvalue weighted by Gasteiger charge is -2.31. The van der Waals surface area contributed by atoms with Crippen LogP contribution in [-0.4, -0.2) is 57.4 Å². The summed E-state index contributed by atoms with van der Waals surface area (Å²) >= 11 is 0. The minimum Gasteiger partial charge on any atom is -0.376 e. The summed E-state index contributed by atoms with van der Waals surface area (Å²) in [4.78, 5) is 11.4. The van der Waals surface area contributed by atoms with Gasteiger partial charge < -0.3 is 10.1 Å². The molecule has 0 aliphatic carbocycles. The van der Waals surface area contributed by atoms with Crippen LogP contribution in [0, 0.1) is 0 Å². The highest BCUT2D eigenvalue weighted by Gasteiger charge is 2.23. The standard InChI is InChI=1S/C20H30N6O/c1-2-16-12-24-25-19(16)17-5-7-26(8-6-17)14-15-10-21-20(22-11-15)23-13-18-4-3-9-27-18/h10-12,17-18H,2-9,13-14H2,1H3,(H,24,25)(H,21,22,23)/t18-/m0/s1. The predicted molar refractivity (Wildman–Crippen MR) is 105 cm³/mol. The second-order valence-electron chi connectivity index (χ2n) is 7.64. The predicted octanol–water partition coefficient (Wildman–Crippen LogP) is 2.73. The van der Waals surface area contributed by atoms with Crippen LogP contribution in [0.2, 0.25) is 0 Å². The quantitative estimate of drug-likeness (QED) is 0.780. The second-order valence-corrected chi connectivity index (χ2v) is 7.64. The molecule has 146 valence electrons. The second kappa shape index (κ2) is 8.80. The minimum absolute atomic E-state index is 0.303. The van der Waals surface area contributed by atoms with Crippen LogP contribution in [0.4, 0.5) is 5.95 Å². The van der Waals surface area contributed by atoms with E-state index in [0.29, 0.717) is 18.0 Å². The average Bonchev–Trinajstić information content (AvgIpc) is 3.40. The third kappa shape index (κ3) is 4.65. The molecule has 0 bridgehead atoms. The Morgan fingerprint density at radius 2 is 2.00 bits per heavy atom. The molecule has 2 fully saturated rings. The van der Waals surface area contributed by atoms with Crippen LogP contribution in [-0.2, 0) is 17.7 Å². The summed E-state index contributed by atoms with van der Waals surface area (Å²) in [6.45, 7) is 6.99. The summed E-state index contributed by atoms with van der Waals surface area (Å²) in [7, 11) is 0. The highest BCUT2D eigenvalue weighted by atomic mass is 16.5. The van der Waals surface area contributed by atoms with Gasteiger partial charge in [-0.1, -0.05) is 6.92 Å². The fraction of sp³-hybridized carbons (Fsp3) is 0.650. The lowest BCUT2D eigenvalue weighted by atomic mass is 9.91. The molecule has 0 radical (unpaired) electrons. The van der Waals surface area contributed by atoms with Crippen molar-refractivity contribution in [3.8, 4) is 0 Å². The van der Waals surface area contributed by atoms with Gasteiger partial charge in [-0.05, 0) is 50.8 Å². The van der Waals surface area contributed by atoms with Crippen LogP contribution in [0.5, 0.6) is 0 Å². The molecule has 4 heterocycles. The van der Waals surface area contributed by atoms with E-state index in [9.17, 15) is 0 Å². The van der Waals surface area contributed by atoms with Crippen molar-refractivity contribution in [2.75, 3.05) is 31.6 Å². The Labute approximate surface area is 160 Å². The van der Waals surface area contributed by atoms with E-state index in [2.05, 4.69) is 37.3 Å². The molecular formula is C20H30N6O. The molecule has 0 saturated carbocycles. The van der Waals surface area contributed by atoms with E-state index in [1.54, 1.807) is 0 Å². The molecule has 7 nitrogen and oxygen atoms in total. The van der Waals surface area contributed by atoms with Gasteiger partial charge in [0.15, 0.2) is 0 Å². The van der Waals surface area contributed by atoms with E-state index in [-0.39, 0.29) is 0 Å². The van der Waals surface area contributed by atoms with Crippen molar-refractivity contribution in [1.82, 2.24) is 25.1 Å². The number of nitrogens with one attached hydrogen (secondary N) is 2. The lowest BCUT2D eigenvalue weighted by molar-refractivity contribution is 0.120. The van der Waals surface area contributed by atoms with Crippen LogP contribution in [0.1, 0.15) is 55.3 Å². The Kier molecular flexibility index (Phi) is 5.99. The maximum Gasteiger partial charge on any atom is 0.222 e. The van der Waals surface area contributed by atoms with E-state index in [1.165, 1.54) is 29.7 Å². The molecule has 2 aromatic rings. The number of hydrogen-bond acceptors (Lipinski definition) is 6. The van der Waals surface area contributed by atoms with Gasteiger partial charge in [0.05, 0.1) is 12.3 Å². The molecule has 2 aromatic heterocycles. The van der Waals surface area contributed by atoms with Crippen molar-refractivity contribution in [3.63, 3.8) is 0 Å². The molecule has 0 unspecified atom stereocenters. The Morgan fingerprint density at radius 1 is 1.19 bits per heavy atom. The van der Waals surface area contributed by atoms with Crippen LogP contribution >= 0.6 is 0 Å². The van der Waals surface area contributed by atoms with Crippen LogP contribution in [0.15, 0.2) is 18.6 Å². The fourth-order valence-corrected chi connectivity index (χ4v) is 4.13. The monoisotopic (exact) mass is 370 g/mol. The minimum atomic E-state index is 0.303. The van der Waals surface area contributed by atoms with Gasteiger partial charge in [-0.15, -0.1) is 0 Å². The normalized spacial score (nSPS) is 21.6. The van der Waals surface area contributed by atoms with Gasteiger partial charge >= 0.3 is 0 Å². The third-order valence-electron chi connectivity index (χ3n) is 5.75. The Bertz CT molecular complexity index is 702. The molecule has 0 amide bonds. The summed E-state index contributed by atoms with van der Waals surface area (Å²) in [6.07, 6.45) is 11.9. The number of rotatable bonds is 7. The summed E-state index contributed by atoms with van der Waals surface area (Å²) in [5, 5.41) is 10.7. The van der Waals surface area contributed by atoms with E-state index < -0.39 is 0 Å². The number of ether oxygens (including phenoxy) is 1. The largest absolute Gasteiger partial charge is 0.376 e. The number of aromatic nitrogens is 4. The zero-order valence-electron chi connectivity index (χ0n) is 16.2. The summed E-state index contributed by atoms with van der Waals surface area (Å²) in [6, 6.07) is 0. The first-order chi connectivity index (χ1) is 13.3. The summed E-state index contributed by atoms with van der Waals surface area (Å²) in [5.41, 5.74) is 3.89. The molecule has 1 atom stereocenters. The van der Waals surface area contributed by atoms with Gasteiger partial charge in [-0.3, -0.25) is 10.00 Å². The van der Waals surface area contributed by atoms with Crippen LogP contribution < -0.4 is 5.32 Å². The van der Waals surface area contributed by atoms with E-state index in [1.807, 2.05) is 18.6 Å². The molecule has 7 heteroatoms. The molecule has 2 aliphatic heterocycles. The van der Waals surface area contributed by atoms with Gasteiger partial charge in [0.25, 0.3) is 0 Å². The van der Waals surface area contributed by atoms with Crippen LogP contribution in [0.25, 0.3) is 0 Å². The average molecular weight is 371 g/mol. The maximum absolute atomic E-state index is 5.62. The first-order valence-electron chi connectivity index (χ1n) is 10.2. The molecule has 2 saturated heterocycles. The third-order valence-corrected chi connectivity index (χ3v) is 5.75. The van der Waals surface area contributed by atoms with Crippen molar-refractivity contribution in [2.24, 2.45) is 0 Å². The zero-order valence-corrected chi connectivity index (χ0v) is 16.2. The van der Waals surface area contributed by atoms with Gasteiger partial charge in [-0.25, -0.2) is 9.97 Å². The Balaban J connectivity index is 1.24. The molecule has 4 rings (SSSR count). The number of aromatic amines is 1. The number of likely N-dealkylation sites (tertiary alicyclic amines) is 1. The zero-order chi connectivity index (χ0) is 18.5. The van der Waals surface area contributed by atoms with Gasteiger partial charge in [-0.2, -0.15) is 5.10 Å². The smallest absolute Gasteiger partial charge is 0.222 e. The number of hydrogen-bond donors (Lipinski definition) is 2. The number of nitrogens with zero attached hydrogens (tertiary/aromatic N) is 4. The van der Waals surface area contributed by atoms with E-state index in [4.69, 9.17) is 4.74 Å². The van der Waals surface area contributed by atoms with Crippen LogP contribution in [0.3, 0.4) is 0 Å². The van der Waals surface area contributed by atoms with Crippen molar-refractivity contribution in [2.45, 2.75) is 57.6 Å². The molecular weight excluding hydrogens is 340 g/mol. The van der Waals surface area contributed by atoms with Crippen molar-refractivity contribution in [3.05, 3.63) is 35.4 Å². The van der Waals surface area contributed by atoms with Gasteiger partial charge in [0, 0.05) is 49.3 Å². The number of H-pyrrole nitrogens is 1. The molecule has 2 aliphatic rings. The summed E-state index contributed by atoms with van der Waals surface area (Å²) in [5.74, 6) is 1.30. The van der Waals surface area contributed by atoms with Gasteiger partial charge in [0.2, 0.25) is 5.95 Å². The first kappa shape index (κ1) is 18.4. The Hall–Kier alpha value is -1.99. The maximum atomic E-state index is 5.62. The van der Waals surface area contributed by atoms with E-state index in [0.717, 1.165) is 52.0 Å². The highest BCUT2D eigenvalue weighted by molar-refractivity contribution is 5.25. The lowest BCUT2D eigenvalue weighted by Crippen LogP contribution is -2.32. The SMILES string of the molecule is CCc1cn[nH]c1C1CCN(Cc2cnc(NC[C@@H]3CCCO3)nc2)CC1.